The minimum Gasteiger partial charge on any atom is -0.311 e. The van der Waals surface area contributed by atoms with Gasteiger partial charge in [-0.15, -0.1) is 23.1 Å². The van der Waals surface area contributed by atoms with Crippen molar-refractivity contribution in [1.29, 1.82) is 0 Å². The molecule has 4 aromatic rings. The van der Waals surface area contributed by atoms with Crippen LogP contribution in [0.15, 0.2) is 77.0 Å². The van der Waals surface area contributed by atoms with Gasteiger partial charge in [-0.2, -0.15) is 0 Å². The molecule has 1 aromatic heterocycles. The molecule has 0 bridgehead atoms. The molecular formula is C23H20N2OS2. The predicted octanol–water partition coefficient (Wildman–Crippen LogP) is 6.17. The third-order valence-electron chi connectivity index (χ3n) is 4.58. The molecule has 0 aliphatic heterocycles. The zero-order chi connectivity index (χ0) is 19.5. The number of carbonyl (C=O) groups is 1. The molecule has 3 nitrogen and oxygen atoms in total. The Morgan fingerprint density at radius 3 is 2.57 bits per heavy atom. The molecule has 140 valence electrons. The van der Waals surface area contributed by atoms with E-state index >= 15 is 0 Å². The van der Waals surface area contributed by atoms with Gasteiger partial charge in [0.2, 0.25) is 0 Å². The minimum absolute atomic E-state index is 0.00663. The molecule has 5 heteroatoms. The van der Waals surface area contributed by atoms with E-state index in [0.29, 0.717) is 0 Å². The van der Waals surface area contributed by atoms with E-state index in [2.05, 4.69) is 34.6 Å². The lowest BCUT2D eigenvalue weighted by molar-refractivity contribution is 0.0990. The molecule has 0 atom stereocenters. The van der Waals surface area contributed by atoms with Crippen LogP contribution in [0.5, 0.6) is 0 Å². The summed E-state index contributed by atoms with van der Waals surface area (Å²) in [6.07, 6.45) is 0. The van der Waals surface area contributed by atoms with Crippen LogP contribution >= 0.6 is 23.1 Å². The molecule has 0 saturated carbocycles. The fourth-order valence-electron chi connectivity index (χ4n) is 3.08. The van der Waals surface area contributed by atoms with E-state index < -0.39 is 0 Å². The molecule has 0 aliphatic carbocycles. The highest BCUT2D eigenvalue weighted by atomic mass is 32.2. The number of hydrogen-bond acceptors (Lipinski definition) is 4. The molecular weight excluding hydrogens is 384 g/mol. The number of anilines is 1. The summed E-state index contributed by atoms with van der Waals surface area (Å²) in [6, 6.07) is 22.1. The number of rotatable bonds is 5. The lowest BCUT2D eigenvalue weighted by Gasteiger charge is -2.19. The quantitative estimate of drug-likeness (QED) is 0.373. The number of carbonyl (C=O) groups excluding carboxylic acids is 1. The van der Waals surface area contributed by atoms with Crippen molar-refractivity contribution in [2.24, 2.45) is 0 Å². The van der Waals surface area contributed by atoms with Crippen molar-refractivity contribution in [3.8, 4) is 0 Å². The molecule has 0 radical (unpaired) electrons. The van der Waals surface area contributed by atoms with Gasteiger partial charge in [-0.1, -0.05) is 42.5 Å². The Balaban J connectivity index is 1.58. The molecule has 0 saturated heterocycles. The van der Waals surface area contributed by atoms with Crippen LogP contribution < -0.4 is 4.90 Å². The highest BCUT2D eigenvalue weighted by molar-refractivity contribution is 7.98. The lowest BCUT2D eigenvalue weighted by Crippen LogP contribution is -2.26. The van der Waals surface area contributed by atoms with Crippen LogP contribution in [0.3, 0.4) is 0 Å². The third-order valence-corrected chi connectivity index (χ3v) is 6.51. The molecule has 0 spiro atoms. The average molecular weight is 405 g/mol. The molecule has 3 aromatic carbocycles. The van der Waals surface area contributed by atoms with E-state index in [1.165, 1.54) is 5.39 Å². The number of thioether (sulfide) groups is 1. The van der Waals surface area contributed by atoms with Crippen LogP contribution in [0, 0.1) is 6.92 Å². The van der Waals surface area contributed by atoms with Gasteiger partial charge in [0, 0.05) is 28.8 Å². The summed E-state index contributed by atoms with van der Waals surface area (Å²) in [6.45, 7) is 2.01. The summed E-state index contributed by atoms with van der Waals surface area (Å²) in [5.74, 6) is 0.752. The van der Waals surface area contributed by atoms with Crippen LogP contribution in [0.2, 0.25) is 0 Å². The van der Waals surface area contributed by atoms with E-state index in [-0.39, 0.29) is 5.91 Å². The van der Waals surface area contributed by atoms with Crippen molar-refractivity contribution in [2.45, 2.75) is 17.6 Å². The van der Waals surface area contributed by atoms with Crippen molar-refractivity contribution in [3.05, 3.63) is 88.4 Å². The van der Waals surface area contributed by atoms with Gasteiger partial charge in [-0.05, 0) is 42.0 Å². The van der Waals surface area contributed by atoms with E-state index in [0.717, 1.165) is 38.0 Å². The topological polar surface area (TPSA) is 33.2 Å². The SMILES string of the molecule is Cc1nc(CSc2ccccc2C(=O)N(C)c2ccc3ccccc3c2)cs1. The minimum atomic E-state index is -0.00663. The van der Waals surface area contributed by atoms with Gasteiger partial charge in [0.05, 0.1) is 16.3 Å². The van der Waals surface area contributed by atoms with Gasteiger partial charge in [0.15, 0.2) is 0 Å². The molecule has 1 amide bonds. The Kier molecular flexibility index (Phi) is 5.46. The monoisotopic (exact) mass is 404 g/mol. The number of hydrogen-bond donors (Lipinski definition) is 0. The Bertz CT molecular complexity index is 1140. The summed E-state index contributed by atoms with van der Waals surface area (Å²) in [7, 11) is 1.83. The first-order valence-electron chi connectivity index (χ1n) is 9.01. The molecule has 0 N–H and O–H groups in total. The second-order valence-corrected chi connectivity index (χ2v) is 8.62. The third kappa shape index (κ3) is 3.96. The number of aryl methyl sites for hydroxylation is 1. The van der Waals surface area contributed by atoms with Crippen molar-refractivity contribution in [3.63, 3.8) is 0 Å². The molecule has 0 unspecified atom stereocenters. The van der Waals surface area contributed by atoms with Gasteiger partial charge >= 0.3 is 0 Å². The number of thiazole rings is 1. The smallest absolute Gasteiger partial charge is 0.259 e. The fraction of sp³-hybridized carbons (Fsp3) is 0.130. The van der Waals surface area contributed by atoms with E-state index in [1.807, 2.05) is 56.4 Å². The molecule has 28 heavy (non-hydrogen) atoms. The van der Waals surface area contributed by atoms with Crippen LogP contribution in [-0.4, -0.2) is 17.9 Å². The number of benzene rings is 3. The highest BCUT2D eigenvalue weighted by Crippen LogP contribution is 2.29. The van der Waals surface area contributed by atoms with Gasteiger partial charge in [-0.3, -0.25) is 4.79 Å². The van der Waals surface area contributed by atoms with Crippen LogP contribution in [0.4, 0.5) is 5.69 Å². The molecule has 1 heterocycles. The summed E-state index contributed by atoms with van der Waals surface area (Å²) in [5, 5.41) is 5.44. The van der Waals surface area contributed by atoms with Crippen LogP contribution in [0.25, 0.3) is 10.8 Å². The normalized spacial score (nSPS) is 10.9. The fourth-order valence-corrected chi connectivity index (χ4v) is 4.73. The number of fused-ring (bicyclic) bond motifs is 1. The van der Waals surface area contributed by atoms with Gasteiger partial charge in [0.1, 0.15) is 0 Å². The van der Waals surface area contributed by atoms with Crippen molar-refractivity contribution < 1.29 is 4.79 Å². The van der Waals surface area contributed by atoms with E-state index in [4.69, 9.17) is 0 Å². The van der Waals surface area contributed by atoms with E-state index in [1.54, 1.807) is 28.0 Å². The van der Waals surface area contributed by atoms with Crippen LogP contribution in [-0.2, 0) is 5.75 Å². The maximum atomic E-state index is 13.2. The van der Waals surface area contributed by atoms with Crippen molar-refractivity contribution in [1.82, 2.24) is 4.98 Å². The Labute approximate surface area is 173 Å². The summed E-state index contributed by atoms with van der Waals surface area (Å²) < 4.78 is 0. The largest absolute Gasteiger partial charge is 0.311 e. The standard InChI is InChI=1S/C23H20N2OS2/c1-16-24-19(14-27-16)15-28-22-10-6-5-9-21(22)23(26)25(2)20-12-11-17-7-3-4-8-18(17)13-20/h3-14H,15H2,1-2H3. The maximum absolute atomic E-state index is 13.2. The van der Waals surface area contributed by atoms with Crippen molar-refractivity contribution in [2.75, 3.05) is 11.9 Å². The second kappa shape index (κ2) is 8.17. The molecule has 4 rings (SSSR count). The lowest BCUT2D eigenvalue weighted by atomic mass is 10.1. The number of amides is 1. The Hall–Kier alpha value is -2.63. The maximum Gasteiger partial charge on any atom is 0.259 e. The van der Waals surface area contributed by atoms with Gasteiger partial charge in [-0.25, -0.2) is 4.98 Å². The predicted molar refractivity (Wildman–Crippen MR) is 120 cm³/mol. The average Bonchev–Trinajstić information content (AvgIpc) is 3.16. The summed E-state index contributed by atoms with van der Waals surface area (Å²) in [5.41, 5.74) is 2.66. The van der Waals surface area contributed by atoms with Gasteiger partial charge < -0.3 is 4.90 Å². The zero-order valence-electron chi connectivity index (χ0n) is 15.8. The number of nitrogens with zero attached hydrogens (tertiary/aromatic N) is 2. The van der Waals surface area contributed by atoms with Crippen molar-refractivity contribution >= 4 is 45.5 Å². The number of aromatic nitrogens is 1. The molecule has 0 aliphatic rings. The first-order valence-corrected chi connectivity index (χ1v) is 10.9. The van der Waals surface area contributed by atoms with Gasteiger partial charge in [0.25, 0.3) is 5.91 Å². The first kappa shape index (κ1) is 18.7. The highest BCUT2D eigenvalue weighted by Gasteiger charge is 2.17. The first-order chi connectivity index (χ1) is 13.6. The zero-order valence-corrected chi connectivity index (χ0v) is 17.4. The Morgan fingerprint density at radius 1 is 1.04 bits per heavy atom. The van der Waals surface area contributed by atoms with Crippen LogP contribution in [0.1, 0.15) is 21.1 Å². The summed E-state index contributed by atoms with van der Waals surface area (Å²) >= 11 is 3.31. The molecule has 0 fully saturated rings. The summed E-state index contributed by atoms with van der Waals surface area (Å²) in [4.78, 5) is 20.4. The Morgan fingerprint density at radius 2 is 1.79 bits per heavy atom. The van der Waals surface area contributed by atoms with E-state index in [9.17, 15) is 4.79 Å². The second-order valence-electron chi connectivity index (χ2n) is 6.54.